The number of alkyl carbamates (subject to hydrolysis) is 1. The summed E-state index contributed by atoms with van der Waals surface area (Å²) in [5.41, 5.74) is 4.22. The molecule has 0 aromatic heterocycles. The van der Waals surface area contributed by atoms with Crippen LogP contribution in [-0.2, 0) is 19.1 Å². The van der Waals surface area contributed by atoms with Gasteiger partial charge in [0.15, 0.2) is 0 Å². The molecule has 0 aliphatic heterocycles. The highest BCUT2D eigenvalue weighted by Crippen LogP contribution is 2.25. The minimum atomic E-state index is -1.17. The zero-order valence-electron chi connectivity index (χ0n) is 20.4. The molecule has 0 aliphatic carbocycles. The smallest absolute Gasteiger partial charge is 0.408 e. The van der Waals surface area contributed by atoms with Gasteiger partial charge in [0, 0.05) is 19.0 Å². The van der Waals surface area contributed by atoms with Crippen molar-refractivity contribution in [3.8, 4) is 5.75 Å². The standard InChI is InChI=1S/C23H36N4O6/c1-22(2,3)26-19(30)18(14-9-8-10-15(28)13-14)27(7)20(31)16(11-12-17(24)29)25-21(32)33-23(4,5)6/h8-10,13,16,18,28H,11-12H2,1-7H3,(H2,24,29)(H,25,32)(H,26,30). The molecule has 2 atom stereocenters. The van der Waals surface area contributed by atoms with Crippen LogP contribution in [0, 0.1) is 0 Å². The number of hydrogen-bond acceptors (Lipinski definition) is 6. The molecular weight excluding hydrogens is 428 g/mol. The maximum Gasteiger partial charge on any atom is 0.408 e. The quantitative estimate of drug-likeness (QED) is 0.462. The van der Waals surface area contributed by atoms with E-state index in [1.165, 1.54) is 24.1 Å². The molecular formula is C23H36N4O6. The Morgan fingerprint density at radius 3 is 2.21 bits per heavy atom. The number of aromatic hydroxyl groups is 1. The monoisotopic (exact) mass is 464 g/mol. The zero-order valence-corrected chi connectivity index (χ0v) is 20.4. The zero-order chi connectivity index (χ0) is 25.6. The van der Waals surface area contributed by atoms with E-state index >= 15 is 0 Å². The van der Waals surface area contributed by atoms with Gasteiger partial charge >= 0.3 is 6.09 Å². The Bertz CT molecular complexity index is 872. The van der Waals surface area contributed by atoms with Gasteiger partial charge in [0.1, 0.15) is 23.4 Å². The minimum Gasteiger partial charge on any atom is -0.508 e. The van der Waals surface area contributed by atoms with E-state index in [1.54, 1.807) is 53.7 Å². The molecule has 1 rings (SSSR count). The van der Waals surface area contributed by atoms with Crippen molar-refractivity contribution in [1.82, 2.24) is 15.5 Å². The van der Waals surface area contributed by atoms with Gasteiger partial charge in [0.05, 0.1) is 0 Å². The molecule has 0 saturated heterocycles. The molecule has 0 heterocycles. The van der Waals surface area contributed by atoms with Gasteiger partial charge in [0.25, 0.3) is 0 Å². The molecule has 0 bridgehead atoms. The third-order valence-electron chi connectivity index (χ3n) is 4.34. The van der Waals surface area contributed by atoms with Crippen molar-refractivity contribution in [1.29, 1.82) is 0 Å². The van der Waals surface area contributed by atoms with E-state index in [0.29, 0.717) is 5.56 Å². The summed E-state index contributed by atoms with van der Waals surface area (Å²) in [7, 11) is 1.41. The Morgan fingerprint density at radius 2 is 1.73 bits per heavy atom. The number of carbonyl (C=O) groups is 4. The van der Waals surface area contributed by atoms with Crippen LogP contribution in [0.25, 0.3) is 0 Å². The molecule has 5 N–H and O–H groups in total. The number of carbonyl (C=O) groups excluding carboxylic acids is 4. The van der Waals surface area contributed by atoms with Crippen LogP contribution in [0.2, 0.25) is 0 Å². The Balaban J connectivity index is 3.29. The molecule has 0 radical (unpaired) electrons. The van der Waals surface area contributed by atoms with E-state index in [0.717, 1.165) is 0 Å². The molecule has 10 nitrogen and oxygen atoms in total. The molecule has 1 aromatic rings. The number of nitrogens with two attached hydrogens (primary N) is 1. The van der Waals surface area contributed by atoms with Gasteiger partial charge in [-0.2, -0.15) is 0 Å². The number of rotatable bonds is 8. The number of likely N-dealkylation sites (N-methyl/N-ethyl adjacent to an activating group) is 1. The van der Waals surface area contributed by atoms with Gasteiger partial charge in [-0.15, -0.1) is 0 Å². The maximum absolute atomic E-state index is 13.4. The fourth-order valence-electron chi connectivity index (χ4n) is 3.05. The number of benzene rings is 1. The number of nitrogens with zero attached hydrogens (tertiary/aromatic N) is 1. The highest BCUT2D eigenvalue weighted by atomic mass is 16.6. The van der Waals surface area contributed by atoms with Gasteiger partial charge in [0.2, 0.25) is 17.7 Å². The topological polar surface area (TPSA) is 151 Å². The number of primary amides is 1. The van der Waals surface area contributed by atoms with Gasteiger partial charge in [-0.3, -0.25) is 14.4 Å². The van der Waals surface area contributed by atoms with E-state index < -0.39 is 47.0 Å². The second-order valence-electron chi connectivity index (χ2n) is 9.89. The number of hydrogen-bond donors (Lipinski definition) is 4. The lowest BCUT2D eigenvalue weighted by Gasteiger charge is -2.33. The Kier molecular flexibility index (Phi) is 9.26. The summed E-state index contributed by atoms with van der Waals surface area (Å²) >= 11 is 0. The van der Waals surface area contributed by atoms with Crippen molar-refractivity contribution >= 4 is 23.8 Å². The average molecular weight is 465 g/mol. The highest BCUT2D eigenvalue weighted by molar-refractivity contribution is 5.92. The average Bonchev–Trinajstić information content (AvgIpc) is 2.61. The normalized spacial score (nSPS) is 13.4. The summed E-state index contributed by atoms with van der Waals surface area (Å²) in [5, 5.41) is 15.2. The predicted molar refractivity (Wildman–Crippen MR) is 123 cm³/mol. The highest BCUT2D eigenvalue weighted by Gasteiger charge is 2.35. The maximum atomic E-state index is 13.4. The number of amides is 4. The van der Waals surface area contributed by atoms with Crippen LogP contribution in [-0.4, -0.2) is 58.1 Å². The number of nitrogens with one attached hydrogen (secondary N) is 2. The Morgan fingerprint density at radius 1 is 1.12 bits per heavy atom. The van der Waals surface area contributed by atoms with Crippen LogP contribution in [0.5, 0.6) is 5.75 Å². The SMILES string of the molecule is CN(C(=O)C(CCC(N)=O)NC(=O)OC(C)(C)C)C(C(=O)NC(C)(C)C)c1cccc(O)c1. The van der Waals surface area contributed by atoms with Gasteiger partial charge in [-0.25, -0.2) is 4.79 Å². The van der Waals surface area contributed by atoms with E-state index in [-0.39, 0.29) is 18.6 Å². The minimum absolute atomic E-state index is 0.0703. The van der Waals surface area contributed by atoms with Crippen LogP contribution in [0.3, 0.4) is 0 Å². The van der Waals surface area contributed by atoms with Crippen LogP contribution < -0.4 is 16.4 Å². The molecule has 1 aromatic carbocycles. The largest absolute Gasteiger partial charge is 0.508 e. The van der Waals surface area contributed by atoms with Gasteiger partial charge in [-0.05, 0) is 65.7 Å². The fraction of sp³-hybridized carbons (Fsp3) is 0.565. The van der Waals surface area contributed by atoms with Gasteiger partial charge < -0.3 is 31.1 Å². The third kappa shape index (κ3) is 9.80. The van der Waals surface area contributed by atoms with E-state index in [1.807, 2.05) is 0 Å². The lowest BCUT2D eigenvalue weighted by molar-refractivity contribution is -0.141. The molecule has 0 spiro atoms. The molecule has 10 heteroatoms. The van der Waals surface area contributed by atoms with Crippen LogP contribution in [0.15, 0.2) is 24.3 Å². The molecule has 0 aliphatic rings. The molecule has 33 heavy (non-hydrogen) atoms. The summed E-state index contributed by atoms with van der Waals surface area (Å²) in [5.74, 6) is -1.81. The second kappa shape index (κ2) is 11.0. The summed E-state index contributed by atoms with van der Waals surface area (Å²) < 4.78 is 5.23. The first kappa shape index (κ1) is 27.7. The Labute approximate surface area is 194 Å². The molecule has 2 unspecified atom stereocenters. The van der Waals surface area contributed by atoms with E-state index in [4.69, 9.17) is 10.5 Å². The lowest BCUT2D eigenvalue weighted by atomic mass is 10.0. The first-order chi connectivity index (χ1) is 15.0. The fourth-order valence-corrected chi connectivity index (χ4v) is 3.05. The molecule has 0 saturated carbocycles. The number of phenolic OH excluding ortho intramolecular Hbond substituents is 1. The lowest BCUT2D eigenvalue weighted by Crippen LogP contribution is -2.53. The summed E-state index contributed by atoms with van der Waals surface area (Å²) in [6.45, 7) is 10.4. The first-order valence-corrected chi connectivity index (χ1v) is 10.7. The molecule has 0 fully saturated rings. The number of ether oxygens (including phenoxy) is 1. The summed E-state index contributed by atoms with van der Waals surface area (Å²) in [6.07, 6.45) is -1.08. The molecule has 184 valence electrons. The van der Waals surface area contributed by atoms with Crippen molar-refractivity contribution in [2.45, 2.75) is 77.6 Å². The van der Waals surface area contributed by atoms with E-state index in [2.05, 4.69) is 10.6 Å². The van der Waals surface area contributed by atoms with Crippen molar-refractivity contribution in [3.63, 3.8) is 0 Å². The van der Waals surface area contributed by atoms with Crippen molar-refractivity contribution in [2.24, 2.45) is 5.73 Å². The Hall–Kier alpha value is -3.30. The van der Waals surface area contributed by atoms with E-state index in [9.17, 15) is 24.3 Å². The third-order valence-corrected chi connectivity index (χ3v) is 4.34. The second-order valence-corrected chi connectivity index (χ2v) is 9.89. The molecule has 4 amide bonds. The number of phenols is 1. The first-order valence-electron chi connectivity index (χ1n) is 10.7. The summed E-state index contributed by atoms with van der Waals surface area (Å²) in [6, 6.07) is 3.72. The van der Waals surface area contributed by atoms with Crippen LogP contribution in [0.1, 0.15) is 66.0 Å². The van der Waals surface area contributed by atoms with Crippen molar-refractivity contribution in [2.75, 3.05) is 7.05 Å². The van der Waals surface area contributed by atoms with Crippen molar-refractivity contribution < 1.29 is 29.0 Å². The van der Waals surface area contributed by atoms with Crippen LogP contribution >= 0.6 is 0 Å². The van der Waals surface area contributed by atoms with Crippen LogP contribution in [0.4, 0.5) is 4.79 Å². The van der Waals surface area contributed by atoms with Crippen molar-refractivity contribution in [3.05, 3.63) is 29.8 Å². The summed E-state index contributed by atoms with van der Waals surface area (Å²) in [4.78, 5) is 51.3. The van der Waals surface area contributed by atoms with Gasteiger partial charge in [-0.1, -0.05) is 12.1 Å². The predicted octanol–water partition coefficient (Wildman–Crippen LogP) is 1.97.